The van der Waals surface area contributed by atoms with Crippen molar-refractivity contribution in [3.8, 4) is 0 Å². The van der Waals surface area contributed by atoms with Gasteiger partial charge in [-0.15, -0.1) is 11.3 Å². The van der Waals surface area contributed by atoms with E-state index in [1.807, 2.05) is 23.5 Å². The number of furan rings is 1. The van der Waals surface area contributed by atoms with Crippen LogP contribution in [0.3, 0.4) is 0 Å². The Morgan fingerprint density at radius 1 is 1.40 bits per heavy atom. The van der Waals surface area contributed by atoms with Gasteiger partial charge in [-0.1, -0.05) is 0 Å². The molecular formula is C19H24N2O3S. The number of nitrogens with zero attached hydrogens (tertiary/aromatic N) is 1. The van der Waals surface area contributed by atoms with Crippen LogP contribution in [0.1, 0.15) is 28.4 Å². The summed E-state index contributed by atoms with van der Waals surface area (Å²) in [4.78, 5) is 17.8. The van der Waals surface area contributed by atoms with Crippen LogP contribution in [0.5, 0.6) is 0 Å². The normalized spacial score (nSPS) is 26.5. The number of fused-ring (bicyclic) bond motifs is 1. The van der Waals surface area contributed by atoms with E-state index in [0.717, 1.165) is 38.3 Å². The Hall–Kier alpha value is -1.63. The summed E-state index contributed by atoms with van der Waals surface area (Å²) in [6.45, 7) is 5.09. The molecule has 1 N–H and O–H groups in total. The van der Waals surface area contributed by atoms with Crippen molar-refractivity contribution in [2.75, 3.05) is 13.2 Å². The molecule has 1 amide bonds. The largest absolute Gasteiger partial charge is 0.467 e. The zero-order valence-electron chi connectivity index (χ0n) is 14.4. The van der Waals surface area contributed by atoms with Gasteiger partial charge in [-0.05, 0) is 44.0 Å². The molecule has 3 atom stereocenters. The van der Waals surface area contributed by atoms with Crippen molar-refractivity contribution in [2.45, 2.75) is 45.0 Å². The van der Waals surface area contributed by atoms with E-state index in [1.165, 1.54) is 9.75 Å². The second kappa shape index (κ2) is 7.32. The van der Waals surface area contributed by atoms with Crippen LogP contribution in [0, 0.1) is 12.8 Å². The van der Waals surface area contributed by atoms with Gasteiger partial charge < -0.3 is 14.5 Å². The third-order valence-corrected chi connectivity index (χ3v) is 6.14. The van der Waals surface area contributed by atoms with Gasteiger partial charge in [-0.2, -0.15) is 0 Å². The molecule has 4 rings (SSSR count). The fourth-order valence-electron chi connectivity index (χ4n) is 3.93. The summed E-state index contributed by atoms with van der Waals surface area (Å²) in [5, 5.41) is 3.01. The molecule has 0 aliphatic carbocycles. The lowest BCUT2D eigenvalue weighted by molar-refractivity contribution is -0.130. The molecule has 134 valence electrons. The van der Waals surface area contributed by atoms with Gasteiger partial charge in [0, 0.05) is 35.5 Å². The van der Waals surface area contributed by atoms with Crippen LogP contribution in [0.4, 0.5) is 0 Å². The zero-order chi connectivity index (χ0) is 17.2. The van der Waals surface area contributed by atoms with E-state index < -0.39 is 0 Å². The van der Waals surface area contributed by atoms with Gasteiger partial charge in [0.05, 0.1) is 24.8 Å². The Kier molecular flexibility index (Phi) is 4.92. The molecule has 0 aromatic carbocycles. The first-order valence-electron chi connectivity index (χ1n) is 8.90. The molecule has 2 fully saturated rings. The smallest absolute Gasteiger partial charge is 0.224 e. The molecule has 2 aromatic rings. The molecular weight excluding hydrogens is 336 g/mol. The molecule has 2 saturated heterocycles. The van der Waals surface area contributed by atoms with E-state index in [9.17, 15) is 4.79 Å². The zero-order valence-corrected chi connectivity index (χ0v) is 15.3. The molecule has 6 heteroatoms. The van der Waals surface area contributed by atoms with Crippen molar-refractivity contribution in [1.29, 1.82) is 0 Å². The van der Waals surface area contributed by atoms with Crippen molar-refractivity contribution in [1.82, 2.24) is 10.2 Å². The Balaban J connectivity index is 1.41. The van der Waals surface area contributed by atoms with Crippen LogP contribution >= 0.6 is 11.3 Å². The SMILES string of the molecule is Cc1ccc(CN2C[C@H](C(=O)NCc3ccco3)C[C@@H]3OCC[C@@H]32)s1. The molecule has 2 aromatic heterocycles. The predicted molar refractivity (Wildman–Crippen MR) is 96.3 cm³/mol. The van der Waals surface area contributed by atoms with E-state index >= 15 is 0 Å². The average Bonchev–Trinajstić information content (AvgIpc) is 3.34. The van der Waals surface area contributed by atoms with Crippen LogP contribution in [-0.4, -0.2) is 36.1 Å². The summed E-state index contributed by atoms with van der Waals surface area (Å²) < 4.78 is 11.2. The number of rotatable bonds is 5. The van der Waals surface area contributed by atoms with Crippen molar-refractivity contribution < 1.29 is 13.9 Å². The maximum absolute atomic E-state index is 12.7. The highest BCUT2D eigenvalue weighted by atomic mass is 32.1. The molecule has 2 aliphatic rings. The van der Waals surface area contributed by atoms with Crippen molar-refractivity contribution in [2.24, 2.45) is 5.92 Å². The minimum Gasteiger partial charge on any atom is -0.467 e. The molecule has 0 bridgehead atoms. The summed E-state index contributed by atoms with van der Waals surface area (Å²) in [5.74, 6) is 0.846. The minimum absolute atomic E-state index is 0.0321. The van der Waals surface area contributed by atoms with E-state index in [-0.39, 0.29) is 17.9 Å². The quantitative estimate of drug-likeness (QED) is 0.891. The first kappa shape index (κ1) is 16.8. The van der Waals surface area contributed by atoms with Crippen molar-refractivity contribution in [3.05, 3.63) is 46.0 Å². The number of amides is 1. The molecule has 5 nitrogen and oxygen atoms in total. The van der Waals surface area contributed by atoms with Crippen molar-refractivity contribution in [3.63, 3.8) is 0 Å². The van der Waals surface area contributed by atoms with Crippen LogP contribution in [0.25, 0.3) is 0 Å². The second-order valence-corrected chi connectivity index (χ2v) is 8.31. The van der Waals surface area contributed by atoms with Gasteiger partial charge in [0.2, 0.25) is 5.91 Å². The number of carbonyl (C=O) groups is 1. The topological polar surface area (TPSA) is 54.7 Å². The molecule has 2 aliphatic heterocycles. The highest BCUT2D eigenvalue weighted by Gasteiger charge is 2.42. The number of aryl methyl sites for hydroxylation is 1. The van der Waals surface area contributed by atoms with Crippen LogP contribution in [-0.2, 0) is 22.6 Å². The van der Waals surface area contributed by atoms with Gasteiger partial charge in [0.25, 0.3) is 0 Å². The first-order valence-corrected chi connectivity index (χ1v) is 9.72. The molecule has 0 radical (unpaired) electrons. The van der Waals surface area contributed by atoms with Gasteiger partial charge in [0.1, 0.15) is 5.76 Å². The lowest BCUT2D eigenvalue weighted by Gasteiger charge is -2.40. The summed E-state index contributed by atoms with van der Waals surface area (Å²) >= 11 is 1.84. The highest BCUT2D eigenvalue weighted by Crippen LogP contribution is 2.33. The van der Waals surface area contributed by atoms with Crippen LogP contribution in [0.15, 0.2) is 34.9 Å². The maximum Gasteiger partial charge on any atom is 0.224 e. The van der Waals surface area contributed by atoms with Crippen LogP contribution < -0.4 is 5.32 Å². The summed E-state index contributed by atoms with van der Waals surface area (Å²) in [6.07, 6.45) is 3.68. The lowest BCUT2D eigenvalue weighted by Crippen LogP contribution is -2.52. The Bertz CT molecular complexity index is 712. The van der Waals surface area contributed by atoms with Gasteiger partial charge in [0.15, 0.2) is 0 Å². The highest BCUT2D eigenvalue weighted by molar-refractivity contribution is 7.11. The first-order chi connectivity index (χ1) is 12.2. The maximum atomic E-state index is 12.7. The number of hydrogen-bond acceptors (Lipinski definition) is 5. The second-order valence-electron chi connectivity index (χ2n) is 6.94. The number of piperidine rings is 1. The third kappa shape index (κ3) is 3.81. The summed E-state index contributed by atoms with van der Waals surface area (Å²) in [6, 6.07) is 8.52. The summed E-state index contributed by atoms with van der Waals surface area (Å²) in [7, 11) is 0. The fraction of sp³-hybridized carbons (Fsp3) is 0.526. The number of likely N-dealkylation sites (tertiary alicyclic amines) is 1. The number of nitrogens with one attached hydrogen (secondary N) is 1. The van der Waals surface area contributed by atoms with Crippen molar-refractivity contribution >= 4 is 17.2 Å². The number of thiophene rings is 1. The number of ether oxygens (including phenoxy) is 1. The van der Waals surface area contributed by atoms with E-state index in [0.29, 0.717) is 12.6 Å². The molecule has 4 heterocycles. The van der Waals surface area contributed by atoms with Gasteiger partial charge >= 0.3 is 0 Å². The Morgan fingerprint density at radius 2 is 2.32 bits per heavy atom. The molecule has 0 saturated carbocycles. The van der Waals surface area contributed by atoms with E-state index in [4.69, 9.17) is 9.15 Å². The average molecular weight is 360 g/mol. The molecule has 0 unspecified atom stereocenters. The Labute approximate surface area is 152 Å². The molecule has 0 spiro atoms. The lowest BCUT2D eigenvalue weighted by atomic mass is 9.89. The van der Waals surface area contributed by atoms with Crippen LogP contribution in [0.2, 0.25) is 0 Å². The minimum atomic E-state index is -0.0321. The van der Waals surface area contributed by atoms with E-state index in [1.54, 1.807) is 6.26 Å². The standard InChI is InChI=1S/C19H24N2O3S/c1-13-4-5-16(25-13)12-21-11-14(9-18-17(21)6-8-24-18)19(22)20-10-15-3-2-7-23-15/h2-5,7,14,17-18H,6,8-12H2,1H3,(H,20,22)/t14-,17+,18+/m1/s1. The molecule has 25 heavy (non-hydrogen) atoms. The van der Waals surface area contributed by atoms with Gasteiger partial charge in [-0.3, -0.25) is 9.69 Å². The number of carbonyl (C=O) groups excluding carboxylic acids is 1. The predicted octanol–water partition coefficient (Wildman–Crippen LogP) is 2.95. The monoisotopic (exact) mass is 360 g/mol. The third-order valence-electron chi connectivity index (χ3n) is 5.16. The Morgan fingerprint density at radius 3 is 3.08 bits per heavy atom. The van der Waals surface area contributed by atoms with E-state index in [2.05, 4.69) is 29.3 Å². The number of hydrogen-bond donors (Lipinski definition) is 1. The fourth-order valence-corrected chi connectivity index (χ4v) is 4.84. The van der Waals surface area contributed by atoms with Gasteiger partial charge in [-0.25, -0.2) is 0 Å². The summed E-state index contributed by atoms with van der Waals surface area (Å²) in [5.41, 5.74) is 0.